The molecule has 0 aromatic carbocycles. The van der Waals surface area contributed by atoms with Crippen LogP contribution in [0.3, 0.4) is 0 Å². The van der Waals surface area contributed by atoms with E-state index in [2.05, 4.69) is 32.5 Å². The van der Waals surface area contributed by atoms with Gasteiger partial charge in [-0.15, -0.1) is 0 Å². The standard InChI is InChI=1S/C18H28N8O7P2S/c1-8-13-16(24-6-23-8)26(7-25-13)18-12(21)14-10(31-18)4-29-35(27,36)33-15-9(3-28-34(2)32-14)30-17(11(15)20)22-5-19/h5-7,9-12,14-15,17-18H,3-4,20-21H2,1-2H3,(H2,19,22)(H,27,36)/t9-,10-,11?,12+,14+,15?,17-,18-,34?,35?/m1/s1. The summed E-state index contributed by atoms with van der Waals surface area (Å²) in [6, 6.07) is -1.42. The lowest BCUT2D eigenvalue weighted by Crippen LogP contribution is -2.47. The fourth-order valence-electron chi connectivity index (χ4n) is 4.45. The van der Waals surface area contributed by atoms with Crippen LogP contribution in [0.25, 0.3) is 11.2 Å². The average Bonchev–Trinajstić information content (AvgIpc) is 3.47. The Hall–Kier alpha value is -1.29. The Morgan fingerprint density at radius 3 is 2.78 bits per heavy atom. The number of aromatic nitrogens is 4. The lowest BCUT2D eigenvalue weighted by Gasteiger charge is -2.29. The van der Waals surface area contributed by atoms with Gasteiger partial charge in [-0.1, -0.05) is 12.2 Å². The Labute approximate surface area is 213 Å². The maximum atomic E-state index is 13.1. The molecule has 3 aliphatic rings. The highest BCUT2D eigenvalue weighted by atomic mass is 32.7. The van der Waals surface area contributed by atoms with E-state index in [0.29, 0.717) is 11.2 Å². The predicted octanol–water partition coefficient (Wildman–Crippen LogP) is 0.405. The third-order valence-electron chi connectivity index (χ3n) is 6.22. The SMILES string of the molecule is Cc1ncnc2c1ncn2[C@@H]1O[C@@H]2COP(=O)(S)OC3C(N)[C@H](NC=N)O[C@@H]3COP(C)O[C@@H]2[C@@H]1N. The van der Waals surface area contributed by atoms with E-state index >= 15 is 0 Å². The van der Waals surface area contributed by atoms with Crippen molar-refractivity contribution in [2.24, 2.45) is 11.5 Å². The molecule has 36 heavy (non-hydrogen) atoms. The van der Waals surface area contributed by atoms with Crippen molar-refractivity contribution in [3.05, 3.63) is 18.3 Å². The van der Waals surface area contributed by atoms with Crippen molar-refractivity contribution in [1.82, 2.24) is 24.8 Å². The zero-order valence-electron chi connectivity index (χ0n) is 19.4. The summed E-state index contributed by atoms with van der Waals surface area (Å²) in [5, 5.41) is 9.95. The lowest BCUT2D eigenvalue weighted by atomic mass is 10.1. The highest BCUT2D eigenvalue weighted by Gasteiger charge is 2.50. The van der Waals surface area contributed by atoms with E-state index in [-0.39, 0.29) is 13.2 Å². The molecule has 0 saturated carbocycles. The molecule has 10 atom stereocenters. The lowest BCUT2D eigenvalue weighted by molar-refractivity contribution is -0.0465. The zero-order valence-corrected chi connectivity index (χ0v) is 22.1. The Morgan fingerprint density at radius 1 is 1.22 bits per heavy atom. The monoisotopic (exact) mass is 562 g/mol. The van der Waals surface area contributed by atoms with Gasteiger partial charge in [0.25, 0.3) is 0 Å². The summed E-state index contributed by atoms with van der Waals surface area (Å²) in [5.41, 5.74) is 14.7. The third kappa shape index (κ3) is 5.05. The number of fused-ring (bicyclic) bond motifs is 3. The van der Waals surface area contributed by atoms with Crippen LogP contribution in [0.2, 0.25) is 0 Å². The van der Waals surface area contributed by atoms with Crippen molar-refractivity contribution in [3.8, 4) is 0 Å². The topological polar surface area (TPSA) is 204 Å². The molecule has 6 N–H and O–H groups in total. The summed E-state index contributed by atoms with van der Waals surface area (Å²) in [7, 11) is -1.44. The molecule has 0 amide bonds. The Balaban J connectivity index is 1.39. The van der Waals surface area contributed by atoms with Crippen LogP contribution in [-0.2, 0) is 32.1 Å². The van der Waals surface area contributed by atoms with Gasteiger partial charge in [0.1, 0.15) is 42.5 Å². The van der Waals surface area contributed by atoms with Crippen molar-refractivity contribution in [1.29, 1.82) is 5.41 Å². The van der Waals surface area contributed by atoms with Gasteiger partial charge in [-0.25, -0.2) is 19.5 Å². The van der Waals surface area contributed by atoms with Crippen LogP contribution in [0.5, 0.6) is 0 Å². The maximum absolute atomic E-state index is 13.1. The highest BCUT2D eigenvalue weighted by Crippen LogP contribution is 2.56. The minimum Gasteiger partial charge on any atom is -0.350 e. The smallest absolute Gasteiger partial charge is 0.350 e. The normalized spacial score (nSPS) is 41.8. The van der Waals surface area contributed by atoms with Gasteiger partial charge in [-0.2, -0.15) is 0 Å². The quantitative estimate of drug-likeness (QED) is 0.149. The van der Waals surface area contributed by atoms with Crippen molar-refractivity contribution in [3.63, 3.8) is 0 Å². The summed E-state index contributed by atoms with van der Waals surface area (Å²) in [6.45, 7) is -0.456. The maximum Gasteiger partial charge on any atom is 0.386 e. The van der Waals surface area contributed by atoms with Crippen LogP contribution >= 0.6 is 27.4 Å². The van der Waals surface area contributed by atoms with Crippen molar-refractivity contribution in [2.45, 2.75) is 55.9 Å². The molecule has 18 heteroatoms. The van der Waals surface area contributed by atoms with Gasteiger partial charge in [0, 0.05) is 6.66 Å². The van der Waals surface area contributed by atoms with Gasteiger partial charge >= 0.3 is 6.80 Å². The van der Waals surface area contributed by atoms with E-state index in [1.807, 2.05) is 6.92 Å². The third-order valence-corrected chi connectivity index (χ3v) is 8.88. The molecule has 3 fully saturated rings. The molecular weight excluding hydrogens is 534 g/mol. The summed E-state index contributed by atoms with van der Waals surface area (Å²) in [4.78, 5) is 12.9. The van der Waals surface area contributed by atoms with Crippen molar-refractivity contribution in [2.75, 3.05) is 19.9 Å². The number of rotatable bonds is 3. The second kappa shape index (κ2) is 10.5. The number of thiol groups is 1. The number of hydrogen-bond acceptors (Lipinski definition) is 13. The van der Waals surface area contributed by atoms with Gasteiger partial charge in [0.15, 0.2) is 20.3 Å². The first-order valence-electron chi connectivity index (χ1n) is 11.1. The van der Waals surface area contributed by atoms with E-state index in [1.54, 1.807) is 17.6 Å². The largest absolute Gasteiger partial charge is 0.386 e. The van der Waals surface area contributed by atoms with Crippen LogP contribution in [0, 0.1) is 12.3 Å². The minimum absolute atomic E-state index is 0.0315. The van der Waals surface area contributed by atoms with Gasteiger partial charge < -0.3 is 35.3 Å². The molecule has 2 aromatic heterocycles. The van der Waals surface area contributed by atoms with Crippen LogP contribution in [-0.4, -0.2) is 88.5 Å². The fraction of sp³-hybridized carbons (Fsp3) is 0.667. The first-order valence-corrected chi connectivity index (χ1v) is 15.4. The molecule has 0 bridgehead atoms. The highest BCUT2D eigenvalue weighted by molar-refractivity contribution is 8.44. The van der Waals surface area contributed by atoms with Gasteiger partial charge in [0.2, 0.25) is 0 Å². The molecule has 5 rings (SSSR count). The summed E-state index contributed by atoms with van der Waals surface area (Å²) < 4.78 is 50.3. The van der Waals surface area contributed by atoms with Crippen LogP contribution in [0.1, 0.15) is 11.9 Å². The molecule has 198 valence electrons. The van der Waals surface area contributed by atoms with E-state index < -0.39 is 64.1 Å². The van der Waals surface area contributed by atoms with Crippen molar-refractivity contribution >= 4 is 44.9 Å². The molecule has 3 aliphatic heterocycles. The zero-order chi connectivity index (χ0) is 25.6. The number of hydrogen-bond donors (Lipinski definition) is 5. The molecule has 15 nitrogen and oxygen atoms in total. The number of nitrogens with zero attached hydrogens (tertiary/aromatic N) is 4. The van der Waals surface area contributed by atoms with E-state index in [9.17, 15) is 4.57 Å². The second-order valence-electron chi connectivity index (χ2n) is 8.55. The molecule has 0 aliphatic carbocycles. The molecule has 2 aromatic rings. The number of nitrogens with two attached hydrogens (primary N) is 2. The average molecular weight is 562 g/mol. The summed E-state index contributed by atoms with van der Waals surface area (Å²) >= 11 is 4.13. The van der Waals surface area contributed by atoms with E-state index in [4.69, 9.17) is 44.4 Å². The predicted molar refractivity (Wildman–Crippen MR) is 132 cm³/mol. The van der Waals surface area contributed by atoms with Crippen molar-refractivity contribution < 1.29 is 32.1 Å². The van der Waals surface area contributed by atoms with Gasteiger partial charge in [-0.3, -0.25) is 19.0 Å². The van der Waals surface area contributed by atoms with Gasteiger partial charge in [0.05, 0.1) is 43.7 Å². The van der Waals surface area contributed by atoms with Crippen LogP contribution < -0.4 is 16.8 Å². The first kappa shape index (κ1) is 26.3. The second-order valence-corrected chi connectivity index (χ2v) is 12.8. The molecule has 0 radical (unpaired) electrons. The molecule has 0 spiro atoms. The summed E-state index contributed by atoms with van der Waals surface area (Å²) in [5.74, 6) is 0. The number of nitrogens with one attached hydrogen (secondary N) is 2. The Morgan fingerprint density at radius 2 is 2.00 bits per heavy atom. The molecule has 3 saturated heterocycles. The summed E-state index contributed by atoms with van der Waals surface area (Å²) in [6.07, 6.45) is -0.414. The minimum atomic E-state index is -3.92. The van der Waals surface area contributed by atoms with Gasteiger partial charge in [-0.05, 0) is 6.92 Å². The molecule has 5 heterocycles. The Kier molecular flexibility index (Phi) is 7.65. The number of ether oxygens (including phenoxy) is 2. The number of aryl methyl sites for hydroxylation is 1. The van der Waals surface area contributed by atoms with E-state index in [1.165, 1.54) is 6.33 Å². The molecule has 4 unspecified atom stereocenters. The van der Waals surface area contributed by atoms with Crippen LogP contribution in [0.15, 0.2) is 12.7 Å². The molecular formula is C18H28N8O7P2S. The first-order chi connectivity index (χ1) is 17.2. The van der Waals surface area contributed by atoms with E-state index in [0.717, 1.165) is 12.0 Å². The Bertz CT molecular complexity index is 1160. The fourth-order valence-corrected chi connectivity index (χ4v) is 6.99. The number of imidazole rings is 1. The van der Waals surface area contributed by atoms with Crippen LogP contribution in [0.4, 0.5) is 0 Å².